The molecule has 1 heterocycles. The van der Waals surface area contributed by atoms with E-state index in [2.05, 4.69) is 23.1 Å². The molecule has 1 atom stereocenters. The lowest BCUT2D eigenvalue weighted by atomic mass is 10.1. The molecule has 0 radical (unpaired) electrons. The second kappa shape index (κ2) is 6.25. The van der Waals surface area contributed by atoms with Gasteiger partial charge in [-0.25, -0.2) is 0 Å². The molecule has 1 fully saturated rings. The first kappa shape index (κ1) is 13.4. The van der Waals surface area contributed by atoms with Gasteiger partial charge in [-0.15, -0.1) is 0 Å². The molecule has 2 aromatic rings. The van der Waals surface area contributed by atoms with Crippen molar-refractivity contribution in [3.63, 3.8) is 0 Å². The van der Waals surface area contributed by atoms with Crippen LogP contribution in [0, 0.1) is 0 Å². The molecule has 0 saturated carbocycles. The van der Waals surface area contributed by atoms with Gasteiger partial charge in [0.05, 0.1) is 0 Å². The summed E-state index contributed by atoms with van der Waals surface area (Å²) in [6.07, 6.45) is 2.07. The highest BCUT2D eigenvalue weighted by Gasteiger charge is 2.16. The molecule has 0 aliphatic carbocycles. The van der Waals surface area contributed by atoms with Crippen LogP contribution in [0.1, 0.15) is 12.8 Å². The molecule has 0 aromatic heterocycles. The topological polar surface area (TPSA) is 32.7 Å². The first-order valence-corrected chi connectivity index (χ1v) is 7.34. The van der Waals surface area contributed by atoms with Gasteiger partial charge in [-0.3, -0.25) is 0 Å². The molecule has 2 aromatic carbocycles. The molecular formula is C17H21NO2. The largest absolute Gasteiger partial charge is 0.490 e. The van der Waals surface area contributed by atoms with Gasteiger partial charge in [-0.05, 0) is 37.4 Å². The molecule has 20 heavy (non-hydrogen) atoms. The minimum Gasteiger partial charge on any atom is -0.490 e. The zero-order valence-electron chi connectivity index (χ0n) is 11.7. The van der Waals surface area contributed by atoms with Crippen LogP contribution in [0.3, 0.4) is 0 Å². The van der Waals surface area contributed by atoms with Crippen molar-refractivity contribution in [2.24, 2.45) is 0 Å². The lowest BCUT2D eigenvalue weighted by Gasteiger charge is -2.20. The number of fused-ring (bicyclic) bond motifs is 1. The van der Waals surface area contributed by atoms with Crippen LogP contribution in [-0.2, 0) is 0 Å². The number of β-amino-alcohol motifs (C(OH)–C–C–N with tert-alkyl or cyclic N) is 1. The van der Waals surface area contributed by atoms with E-state index in [-0.39, 0.29) is 0 Å². The number of ether oxygens (including phenoxy) is 1. The average Bonchev–Trinajstić information content (AvgIpc) is 2.98. The summed E-state index contributed by atoms with van der Waals surface area (Å²) in [6, 6.07) is 14.2. The van der Waals surface area contributed by atoms with Crippen molar-refractivity contribution in [1.29, 1.82) is 0 Å². The van der Waals surface area contributed by atoms with E-state index in [9.17, 15) is 5.11 Å². The van der Waals surface area contributed by atoms with E-state index in [0.29, 0.717) is 13.2 Å². The number of nitrogens with zero attached hydrogens (tertiary/aromatic N) is 1. The molecule has 1 aliphatic rings. The van der Waals surface area contributed by atoms with E-state index >= 15 is 0 Å². The fourth-order valence-corrected chi connectivity index (χ4v) is 2.82. The first-order chi connectivity index (χ1) is 9.83. The third-order valence-electron chi connectivity index (χ3n) is 3.85. The van der Waals surface area contributed by atoms with Crippen LogP contribution >= 0.6 is 0 Å². The van der Waals surface area contributed by atoms with E-state index in [4.69, 9.17) is 4.74 Å². The summed E-state index contributed by atoms with van der Waals surface area (Å²) >= 11 is 0. The Bertz CT molecular complexity index is 558. The van der Waals surface area contributed by atoms with Crippen molar-refractivity contribution >= 4 is 10.8 Å². The molecule has 1 aliphatic heterocycles. The Morgan fingerprint density at radius 3 is 2.65 bits per heavy atom. The number of rotatable bonds is 5. The van der Waals surface area contributed by atoms with Gasteiger partial charge in [0.1, 0.15) is 18.5 Å². The van der Waals surface area contributed by atoms with Gasteiger partial charge in [-0.1, -0.05) is 36.4 Å². The number of aliphatic hydroxyl groups excluding tert-OH is 1. The molecule has 1 saturated heterocycles. The van der Waals surface area contributed by atoms with Gasteiger partial charge in [0.25, 0.3) is 0 Å². The first-order valence-electron chi connectivity index (χ1n) is 7.34. The van der Waals surface area contributed by atoms with Crippen molar-refractivity contribution in [2.75, 3.05) is 26.2 Å². The highest BCUT2D eigenvalue weighted by molar-refractivity contribution is 5.88. The summed E-state index contributed by atoms with van der Waals surface area (Å²) in [4.78, 5) is 2.30. The maximum absolute atomic E-state index is 10.1. The Balaban J connectivity index is 1.61. The predicted octanol–water partition coefficient (Wildman–Crippen LogP) is 2.68. The lowest BCUT2D eigenvalue weighted by Crippen LogP contribution is -2.33. The number of hydrogen-bond donors (Lipinski definition) is 1. The van der Waals surface area contributed by atoms with Crippen LogP contribution in [0.25, 0.3) is 10.8 Å². The molecule has 3 nitrogen and oxygen atoms in total. The SMILES string of the molecule is O[C@@H](COc1cccc2ccccc12)CN1CCCC1. The van der Waals surface area contributed by atoms with Crippen molar-refractivity contribution in [3.8, 4) is 5.75 Å². The molecular weight excluding hydrogens is 250 g/mol. The molecule has 0 amide bonds. The van der Waals surface area contributed by atoms with E-state index in [1.54, 1.807) is 0 Å². The Morgan fingerprint density at radius 2 is 1.80 bits per heavy atom. The van der Waals surface area contributed by atoms with Crippen LogP contribution in [0.4, 0.5) is 0 Å². The maximum Gasteiger partial charge on any atom is 0.127 e. The minimum atomic E-state index is -0.424. The monoisotopic (exact) mass is 271 g/mol. The van der Waals surface area contributed by atoms with Crippen LogP contribution in [0.5, 0.6) is 5.75 Å². The van der Waals surface area contributed by atoms with Crippen molar-refractivity contribution in [2.45, 2.75) is 18.9 Å². The second-order valence-electron chi connectivity index (χ2n) is 5.45. The third-order valence-corrected chi connectivity index (χ3v) is 3.85. The molecule has 3 rings (SSSR count). The highest BCUT2D eigenvalue weighted by Crippen LogP contribution is 2.25. The number of hydrogen-bond acceptors (Lipinski definition) is 3. The molecule has 3 heteroatoms. The maximum atomic E-state index is 10.1. The van der Waals surface area contributed by atoms with E-state index in [1.807, 2.05) is 24.3 Å². The van der Waals surface area contributed by atoms with Crippen molar-refractivity contribution in [3.05, 3.63) is 42.5 Å². The molecule has 1 N–H and O–H groups in total. The summed E-state index contributed by atoms with van der Waals surface area (Å²) in [5.74, 6) is 0.851. The summed E-state index contributed by atoms with van der Waals surface area (Å²) in [5.41, 5.74) is 0. The van der Waals surface area contributed by atoms with Crippen molar-refractivity contribution in [1.82, 2.24) is 4.90 Å². The number of aliphatic hydroxyl groups is 1. The van der Waals surface area contributed by atoms with Crippen LogP contribution < -0.4 is 4.74 Å². The molecule has 0 unspecified atom stereocenters. The van der Waals surface area contributed by atoms with Gasteiger partial charge in [0, 0.05) is 11.9 Å². The Labute approximate surface area is 119 Å². The standard InChI is InChI=1S/C17H21NO2/c19-15(12-18-10-3-4-11-18)13-20-17-9-5-7-14-6-1-2-8-16(14)17/h1-2,5-9,15,19H,3-4,10-13H2/t15-/m1/s1. The summed E-state index contributed by atoms with van der Waals surface area (Å²) in [6.45, 7) is 3.27. The zero-order chi connectivity index (χ0) is 13.8. The minimum absolute atomic E-state index is 0.352. The van der Waals surface area contributed by atoms with E-state index in [0.717, 1.165) is 24.2 Å². The average molecular weight is 271 g/mol. The molecule has 106 valence electrons. The number of likely N-dealkylation sites (tertiary alicyclic amines) is 1. The fraction of sp³-hybridized carbons (Fsp3) is 0.412. The summed E-state index contributed by atoms with van der Waals surface area (Å²) < 4.78 is 5.81. The second-order valence-corrected chi connectivity index (χ2v) is 5.45. The predicted molar refractivity (Wildman–Crippen MR) is 81.1 cm³/mol. The zero-order valence-corrected chi connectivity index (χ0v) is 11.7. The quantitative estimate of drug-likeness (QED) is 0.907. The van der Waals surface area contributed by atoms with Crippen LogP contribution in [0.15, 0.2) is 42.5 Å². The Morgan fingerprint density at radius 1 is 1.05 bits per heavy atom. The van der Waals surface area contributed by atoms with E-state index in [1.165, 1.54) is 18.2 Å². The fourth-order valence-electron chi connectivity index (χ4n) is 2.82. The summed E-state index contributed by atoms with van der Waals surface area (Å²) in [5, 5.41) is 12.3. The van der Waals surface area contributed by atoms with Crippen LogP contribution in [0.2, 0.25) is 0 Å². The van der Waals surface area contributed by atoms with Crippen molar-refractivity contribution < 1.29 is 9.84 Å². The Hall–Kier alpha value is -1.58. The van der Waals surface area contributed by atoms with Gasteiger partial charge in [0.15, 0.2) is 0 Å². The molecule has 0 spiro atoms. The highest BCUT2D eigenvalue weighted by atomic mass is 16.5. The normalized spacial score (nSPS) is 17.4. The van der Waals surface area contributed by atoms with Crippen LogP contribution in [-0.4, -0.2) is 42.4 Å². The molecule has 0 bridgehead atoms. The van der Waals surface area contributed by atoms with Gasteiger partial charge < -0.3 is 14.7 Å². The Kier molecular flexibility index (Phi) is 4.19. The van der Waals surface area contributed by atoms with Gasteiger partial charge in [0.2, 0.25) is 0 Å². The third kappa shape index (κ3) is 3.11. The smallest absolute Gasteiger partial charge is 0.127 e. The lowest BCUT2D eigenvalue weighted by molar-refractivity contribution is 0.0764. The summed E-state index contributed by atoms with van der Waals surface area (Å²) in [7, 11) is 0. The van der Waals surface area contributed by atoms with E-state index < -0.39 is 6.10 Å². The van der Waals surface area contributed by atoms with Gasteiger partial charge in [-0.2, -0.15) is 0 Å². The van der Waals surface area contributed by atoms with Gasteiger partial charge >= 0.3 is 0 Å². The number of benzene rings is 2.